The molecule has 20 heavy (non-hydrogen) atoms. The number of nitrogens with two attached hydrogens (primary N) is 1. The minimum absolute atomic E-state index is 0.0606. The van der Waals surface area contributed by atoms with Crippen molar-refractivity contribution in [3.63, 3.8) is 0 Å². The lowest BCUT2D eigenvalue weighted by Gasteiger charge is -2.09. The molecule has 0 unspecified atom stereocenters. The number of aryl methyl sites for hydroxylation is 2. The molecule has 2 aromatic rings. The first kappa shape index (κ1) is 14.7. The summed E-state index contributed by atoms with van der Waals surface area (Å²) < 4.78 is 24.7. The number of hydrogen-bond donors (Lipinski definition) is 1. The molecule has 0 aliphatic rings. The van der Waals surface area contributed by atoms with Crippen LogP contribution in [-0.2, 0) is 23.0 Å². The van der Waals surface area contributed by atoms with E-state index < -0.39 is 10.0 Å². The van der Waals surface area contributed by atoms with Gasteiger partial charge in [-0.05, 0) is 24.5 Å². The Morgan fingerprint density at radius 1 is 1.30 bits per heavy atom. The lowest BCUT2D eigenvalue weighted by molar-refractivity contribution is 0.594. The Labute approximate surface area is 119 Å². The van der Waals surface area contributed by atoms with E-state index in [0.717, 1.165) is 24.2 Å². The van der Waals surface area contributed by atoms with Crippen molar-refractivity contribution >= 4 is 10.0 Å². The molecule has 0 bridgehead atoms. The molecule has 5 nitrogen and oxygen atoms in total. The van der Waals surface area contributed by atoms with E-state index in [9.17, 15) is 8.42 Å². The van der Waals surface area contributed by atoms with Gasteiger partial charge in [-0.25, -0.2) is 18.5 Å². The quantitative estimate of drug-likeness (QED) is 0.913. The van der Waals surface area contributed by atoms with E-state index in [1.165, 1.54) is 11.8 Å². The van der Waals surface area contributed by atoms with Crippen LogP contribution in [0.5, 0.6) is 0 Å². The lowest BCUT2D eigenvalue weighted by atomic mass is 10.1. The van der Waals surface area contributed by atoms with Crippen molar-refractivity contribution in [1.29, 1.82) is 0 Å². The maximum atomic E-state index is 11.4. The molecular formula is C14H19N3O2S. The highest BCUT2D eigenvalue weighted by atomic mass is 32.2. The summed E-state index contributed by atoms with van der Waals surface area (Å²) >= 11 is 0. The van der Waals surface area contributed by atoms with Gasteiger partial charge < -0.3 is 4.57 Å². The van der Waals surface area contributed by atoms with Crippen LogP contribution in [0.1, 0.15) is 30.3 Å². The summed E-state index contributed by atoms with van der Waals surface area (Å²) in [6.45, 7) is 4.67. The summed E-state index contributed by atoms with van der Waals surface area (Å²) in [6.07, 6.45) is 3.14. The van der Waals surface area contributed by atoms with Crippen LogP contribution >= 0.6 is 0 Å². The topological polar surface area (TPSA) is 78.0 Å². The fourth-order valence-electron chi connectivity index (χ4n) is 2.10. The predicted octanol–water partition coefficient (Wildman–Crippen LogP) is 1.84. The number of aromatic nitrogens is 2. The Morgan fingerprint density at radius 3 is 2.60 bits per heavy atom. The number of benzene rings is 1. The summed E-state index contributed by atoms with van der Waals surface area (Å²) in [5, 5.41) is 5.09. The van der Waals surface area contributed by atoms with Crippen molar-refractivity contribution in [2.75, 3.05) is 0 Å². The average Bonchev–Trinajstić information content (AvgIpc) is 2.76. The Kier molecular flexibility index (Phi) is 4.25. The second-order valence-electron chi connectivity index (χ2n) is 4.84. The van der Waals surface area contributed by atoms with Gasteiger partial charge in [-0.1, -0.05) is 31.2 Å². The number of imidazole rings is 1. The molecule has 1 aromatic heterocycles. The van der Waals surface area contributed by atoms with Gasteiger partial charge in [0.1, 0.15) is 5.82 Å². The second kappa shape index (κ2) is 5.76. The Morgan fingerprint density at radius 2 is 2.00 bits per heavy atom. The van der Waals surface area contributed by atoms with Gasteiger partial charge in [0.25, 0.3) is 10.0 Å². The summed E-state index contributed by atoms with van der Waals surface area (Å²) in [4.78, 5) is 4.15. The van der Waals surface area contributed by atoms with Crippen molar-refractivity contribution in [3.05, 3.63) is 47.4 Å². The summed E-state index contributed by atoms with van der Waals surface area (Å²) in [5.74, 6) is 0.750. The van der Waals surface area contributed by atoms with Crippen molar-refractivity contribution < 1.29 is 8.42 Å². The number of nitrogens with zero attached hydrogens (tertiary/aromatic N) is 2. The third-order valence-corrected chi connectivity index (χ3v) is 3.98. The highest BCUT2D eigenvalue weighted by Gasteiger charge is 2.16. The minimum Gasteiger partial charge on any atom is -0.329 e. The zero-order valence-corrected chi connectivity index (χ0v) is 12.5. The molecule has 1 aromatic carbocycles. The SMILES string of the molecule is CCCc1nc(S(N)(=O)=O)cn1Cc1ccccc1C. The molecule has 108 valence electrons. The molecule has 2 N–H and O–H groups in total. The number of primary sulfonamides is 1. The van der Waals surface area contributed by atoms with E-state index >= 15 is 0 Å². The fraction of sp³-hybridized carbons (Fsp3) is 0.357. The van der Waals surface area contributed by atoms with Gasteiger partial charge in [-0.15, -0.1) is 0 Å². The Balaban J connectivity index is 2.40. The molecule has 0 saturated heterocycles. The van der Waals surface area contributed by atoms with Crippen LogP contribution in [0.2, 0.25) is 0 Å². The van der Waals surface area contributed by atoms with Crippen LogP contribution in [0.4, 0.5) is 0 Å². The zero-order chi connectivity index (χ0) is 14.8. The van der Waals surface area contributed by atoms with Crippen LogP contribution in [0.3, 0.4) is 0 Å². The second-order valence-corrected chi connectivity index (χ2v) is 6.35. The van der Waals surface area contributed by atoms with Crippen LogP contribution < -0.4 is 5.14 Å². The monoisotopic (exact) mass is 293 g/mol. The summed E-state index contributed by atoms with van der Waals surface area (Å²) in [6, 6.07) is 8.02. The molecule has 0 fully saturated rings. The molecule has 1 heterocycles. The van der Waals surface area contributed by atoms with E-state index in [2.05, 4.69) is 4.98 Å². The average molecular weight is 293 g/mol. The summed E-state index contributed by atoms with van der Waals surface area (Å²) in [5.41, 5.74) is 2.31. The maximum absolute atomic E-state index is 11.4. The lowest BCUT2D eigenvalue weighted by Crippen LogP contribution is -2.12. The largest absolute Gasteiger partial charge is 0.329 e. The Hall–Kier alpha value is -1.66. The first-order chi connectivity index (χ1) is 9.41. The molecule has 0 radical (unpaired) electrons. The first-order valence-corrected chi connectivity index (χ1v) is 8.09. The number of sulfonamides is 1. The van der Waals surface area contributed by atoms with E-state index in [-0.39, 0.29) is 5.03 Å². The molecule has 6 heteroatoms. The molecule has 0 aliphatic heterocycles. The van der Waals surface area contributed by atoms with Crippen LogP contribution in [-0.4, -0.2) is 18.0 Å². The third kappa shape index (κ3) is 3.26. The molecule has 0 saturated carbocycles. The van der Waals surface area contributed by atoms with Gasteiger partial charge >= 0.3 is 0 Å². The molecule has 0 amide bonds. The van der Waals surface area contributed by atoms with E-state index in [4.69, 9.17) is 5.14 Å². The molecular weight excluding hydrogens is 274 g/mol. The van der Waals surface area contributed by atoms with Crippen molar-refractivity contribution in [1.82, 2.24) is 9.55 Å². The molecule has 0 spiro atoms. The summed E-state index contributed by atoms with van der Waals surface area (Å²) in [7, 11) is -3.76. The molecule has 0 aliphatic carbocycles. The van der Waals surface area contributed by atoms with E-state index in [1.54, 1.807) is 0 Å². The highest BCUT2D eigenvalue weighted by Crippen LogP contribution is 2.15. The van der Waals surface area contributed by atoms with Gasteiger partial charge in [-0.2, -0.15) is 0 Å². The van der Waals surface area contributed by atoms with Crippen LogP contribution in [0, 0.1) is 6.92 Å². The van der Waals surface area contributed by atoms with Crippen molar-refractivity contribution in [3.8, 4) is 0 Å². The van der Waals surface area contributed by atoms with Gasteiger partial charge in [0, 0.05) is 19.2 Å². The maximum Gasteiger partial charge on any atom is 0.257 e. The van der Waals surface area contributed by atoms with Crippen molar-refractivity contribution in [2.24, 2.45) is 5.14 Å². The zero-order valence-electron chi connectivity index (χ0n) is 11.7. The fourth-order valence-corrected chi connectivity index (χ4v) is 2.60. The highest BCUT2D eigenvalue weighted by molar-refractivity contribution is 7.89. The normalized spacial score (nSPS) is 11.8. The number of hydrogen-bond acceptors (Lipinski definition) is 3. The van der Waals surface area contributed by atoms with E-state index in [0.29, 0.717) is 6.54 Å². The minimum atomic E-state index is -3.76. The van der Waals surface area contributed by atoms with E-state index in [1.807, 2.05) is 42.7 Å². The molecule has 2 rings (SSSR count). The molecule has 0 atom stereocenters. The first-order valence-electron chi connectivity index (χ1n) is 6.55. The number of rotatable bonds is 5. The van der Waals surface area contributed by atoms with Crippen molar-refractivity contribution in [2.45, 2.75) is 38.3 Å². The van der Waals surface area contributed by atoms with Gasteiger partial charge in [0.2, 0.25) is 0 Å². The van der Waals surface area contributed by atoms with Crippen LogP contribution in [0.15, 0.2) is 35.5 Å². The third-order valence-electron chi connectivity index (χ3n) is 3.20. The smallest absolute Gasteiger partial charge is 0.257 e. The van der Waals surface area contributed by atoms with Gasteiger partial charge in [-0.3, -0.25) is 0 Å². The van der Waals surface area contributed by atoms with Gasteiger partial charge in [0.05, 0.1) is 0 Å². The van der Waals surface area contributed by atoms with Crippen LogP contribution in [0.25, 0.3) is 0 Å². The predicted molar refractivity (Wildman–Crippen MR) is 77.9 cm³/mol. The Bertz CT molecular complexity index is 705. The standard InChI is InChI=1S/C14H19N3O2S/c1-3-6-13-16-14(20(15,18)19)10-17(13)9-12-8-5-4-7-11(12)2/h4-5,7-8,10H,3,6,9H2,1-2H3,(H2,15,18,19). The van der Waals surface area contributed by atoms with Gasteiger partial charge in [0.15, 0.2) is 5.03 Å².